The first-order chi connectivity index (χ1) is 13.3. The highest BCUT2D eigenvalue weighted by atomic mass is 16.5. The maximum absolute atomic E-state index is 12.7. The number of hydrogen-bond acceptors (Lipinski definition) is 6. The Morgan fingerprint density at radius 2 is 1.82 bits per heavy atom. The molecule has 1 aromatic carbocycles. The van der Waals surface area contributed by atoms with Crippen LogP contribution in [0.2, 0.25) is 0 Å². The quantitative estimate of drug-likeness (QED) is 0.380. The molecular weight excluding hydrogens is 354 g/mol. The van der Waals surface area contributed by atoms with Gasteiger partial charge in [-0.25, -0.2) is 9.97 Å². The minimum atomic E-state index is -0.325. The SMILES string of the molecule is C=CCC(C)C(=O)CC(=O)c1nc(C)c(C)nc1NCc1ccc(OC)cc1. The summed E-state index contributed by atoms with van der Waals surface area (Å²) in [6, 6.07) is 7.61. The van der Waals surface area contributed by atoms with E-state index in [0.717, 1.165) is 17.0 Å². The van der Waals surface area contributed by atoms with E-state index in [1.54, 1.807) is 27.0 Å². The molecule has 0 aliphatic carbocycles. The van der Waals surface area contributed by atoms with Gasteiger partial charge in [0.1, 0.15) is 17.2 Å². The number of allylic oxidation sites excluding steroid dienone is 1. The molecule has 6 heteroatoms. The van der Waals surface area contributed by atoms with E-state index in [2.05, 4.69) is 21.9 Å². The van der Waals surface area contributed by atoms with Gasteiger partial charge in [-0.1, -0.05) is 25.1 Å². The predicted octanol–water partition coefficient (Wildman–Crippen LogP) is 4.07. The molecule has 2 rings (SSSR count). The van der Waals surface area contributed by atoms with Crippen LogP contribution in [0.1, 0.15) is 47.2 Å². The van der Waals surface area contributed by atoms with Gasteiger partial charge in [0.25, 0.3) is 0 Å². The smallest absolute Gasteiger partial charge is 0.192 e. The summed E-state index contributed by atoms with van der Waals surface area (Å²) in [6.07, 6.45) is 2.04. The van der Waals surface area contributed by atoms with Crippen LogP contribution < -0.4 is 10.1 Å². The zero-order valence-electron chi connectivity index (χ0n) is 16.9. The summed E-state index contributed by atoms with van der Waals surface area (Å²) in [7, 11) is 1.62. The third-order valence-corrected chi connectivity index (χ3v) is 4.59. The number of ether oxygens (including phenoxy) is 1. The molecule has 1 N–H and O–H groups in total. The van der Waals surface area contributed by atoms with E-state index >= 15 is 0 Å². The first-order valence-electron chi connectivity index (χ1n) is 9.24. The molecule has 0 radical (unpaired) electrons. The summed E-state index contributed by atoms with van der Waals surface area (Å²) in [4.78, 5) is 33.9. The predicted molar refractivity (Wildman–Crippen MR) is 110 cm³/mol. The second kappa shape index (κ2) is 9.78. The average molecular weight is 381 g/mol. The maximum atomic E-state index is 12.7. The summed E-state index contributed by atoms with van der Waals surface area (Å²) in [5, 5.41) is 3.18. The number of carbonyl (C=O) groups is 2. The van der Waals surface area contributed by atoms with Crippen molar-refractivity contribution in [3.63, 3.8) is 0 Å². The van der Waals surface area contributed by atoms with Gasteiger partial charge in [-0.05, 0) is 38.0 Å². The highest BCUT2D eigenvalue weighted by Gasteiger charge is 2.22. The van der Waals surface area contributed by atoms with E-state index in [9.17, 15) is 9.59 Å². The molecule has 0 amide bonds. The molecule has 0 aliphatic rings. The maximum Gasteiger partial charge on any atom is 0.192 e. The number of hydrogen-bond donors (Lipinski definition) is 1. The van der Waals surface area contributed by atoms with Crippen LogP contribution in [-0.2, 0) is 11.3 Å². The van der Waals surface area contributed by atoms with E-state index < -0.39 is 0 Å². The van der Waals surface area contributed by atoms with Crippen LogP contribution in [0.15, 0.2) is 36.9 Å². The van der Waals surface area contributed by atoms with Crippen LogP contribution in [0.3, 0.4) is 0 Å². The van der Waals surface area contributed by atoms with E-state index in [4.69, 9.17) is 4.74 Å². The molecule has 0 spiro atoms. The summed E-state index contributed by atoms with van der Waals surface area (Å²) in [5.74, 6) is 0.488. The van der Waals surface area contributed by atoms with E-state index in [0.29, 0.717) is 24.5 Å². The van der Waals surface area contributed by atoms with E-state index in [1.807, 2.05) is 31.2 Å². The number of aromatic nitrogens is 2. The summed E-state index contributed by atoms with van der Waals surface area (Å²) >= 11 is 0. The lowest BCUT2D eigenvalue weighted by Gasteiger charge is -2.13. The minimum absolute atomic E-state index is 0.119. The molecule has 1 heterocycles. The largest absolute Gasteiger partial charge is 0.497 e. The van der Waals surface area contributed by atoms with Gasteiger partial charge in [0.2, 0.25) is 0 Å². The zero-order chi connectivity index (χ0) is 20.7. The van der Waals surface area contributed by atoms with Gasteiger partial charge in [0.05, 0.1) is 24.9 Å². The first kappa shape index (κ1) is 21.3. The third-order valence-electron chi connectivity index (χ3n) is 4.59. The van der Waals surface area contributed by atoms with Crippen LogP contribution in [0.25, 0.3) is 0 Å². The fourth-order valence-electron chi connectivity index (χ4n) is 2.65. The molecule has 1 aromatic heterocycles. The van der Waals surface area contributed by atoms with Crippen molar-refractivity contribution in [2.24, 2.45) is 5.92 Å². The number of benzene rings is 1. The third kappa shape index (κ3) is 5.49. The molecule has 2 aromatic rings. The number of nitrogens with zero attached hydrogens (tertiary/aromatic N) is 2. The zero-order valence-corrected chi connectivity index (χ0v) is 16.9. The van der Waals surface area contributed by atoms with Crippen LogP contribution in [0.5, 0.6) is 5.75 Å². The van der Waals surface area contributed by atoms with Gasteiger partial charge in [-0.2, -0.15) is 0 Å². The molecule has 0 aliphatic heterocycles. The molecule has 6 nitrogen and oxygen atoms in total. The Balaban J connectivity index is 2.19. The van der Waals surface area contributed by atoms with Crippen LogP contribution in [0.4, 0.5) is 5.82 Å². The summed E-state index contributed by atoms with van der Waals surface area (Å²) in [5.41, 5.74) is 2.62. The second-order valence-corrected chi connectivity index (χ2v) is 6.78. The molecule has 28 heavy (non-hydrogen) atoms. The van der Waals surface area contributed by atoms with Crippen molar-refractivity contribution in [3.8, 4) is 5.75 Å². The fraction of sp³-hybridized carbons (Fsp3) is 0.364. The topological polar surface area (TPSA) is 81.2 Å². The Morgan fingerprint density at radius 3 is 2.43 bits per heavy atom. The molecule has 148 valence electrons. The van der Waals surface area contributed by atoms with Crippen molar-refractivity contribution in [1.29, 1.82) is 0 Å². The molecule has 0 saturated heterocycles. The van der Waals surface area contributed by atoms with Crippen LogP contribution >= 0.6 is 0 Å². The molecular formula is C22H27N3O3. The Labute approximate surface area is 166 Å². The van der Waals surface area contributed by atoms with Gasteiger partial charge >= 0.3 is 0 Å². The molecule has 0 fully saturated rings. The van der Waals surface area contributed by atoms with Crippen LogP contribution in [-0.4, -0.2) is 28.6 Å². The Hall–Kier alpha value is -3.02. The Morgan fingerprint density at radius 1 is 1.18 bits per heavy atom. The van der Waals surface area contributed by atoms with Crippen LogP contribution in [0, 0.1) is 19.8 Å². The highest BCUT2D eigenvalue weighted by Crippen LogP contribution is 2.19. The Kier molecular flexibility index (Phi) is 7.44. The Bertz CT molecular complexity index is 860. The number of methoxy groups -OCH3 is 1. The second-order valence-electron chi connectivity index (χ2n) is 6.78. The van der Waals surface area contributed by atoms with Crippen molar-refractivity contribution >= 4 is 17.4 Å². The number of aryl methyl sites for hydroxylation is 2. The van der Waals surface area contributed by atoms with Crippen molar-refractivity contribution in [3.05, 3.63) is 59.6 Å². The average Bonchev–Trinajstić information content (AvgIpc) is 2.68. The van der Waals surface area contributed by atoms with E-state index in [1.165, 1.54) is 0 Å². The molecule has 1 unspecified atom stereocenters. The van der Waals surface area contributed by atoms with Crippen molar-refractivity contribution in [1.82, 2.24) is 9.97 Å². The van der Waals surface area contributed by atoms with E-state index in [-0.39, 0.29) is 29.6 Å². The number of rotatable bonds is 10. The molecule has 0 saturated carbocycles. The number of ketones is 2. The summed E-state index contributed by atoms with van der Waals surface area (Å²) in [6.45, 7) is 9.55. The molecule has 1 atom stereocenters. The van der Waals surface area contributed by atoms with Gasteiger partial charge < -0.3 is 10.1 Å². The number of anilines is 1. The fourth-order valence-corrected chi connectivity index (χ4v) is 2.65. The van der Waals surface area contributed by atoms with Gasteiger partial charge in [0, 0.05) is 12.5 Å². The highest BCUT2D eigenvalue weighted by molar-refractivity contribution is 6.09. The number of carbonyl (C=O) groups excluding carboxylic acids is 2. The normalized spacial score (nSPS) is 11.6. The summed E-state index contributed by atoms with van der Waals surface area (Å²) < 4.78 is 5.16. The van der Waals surface area contributed by atoms with Crippen molar-refractivity contribution < 1.29 is 14.3 Å². The lowest BCUT2D eigenvalue weighted by atomic mass is 9.97. The van der Waals surface area contributed by atoms with Crippen molar-refractivity contribution in [2.45, 2.75) is 40.2 Å². The van der Waals surface area contributed by atoms with Gasteiger partial charge in [0.15, 0.2) is 11.6 Å². The number of Topliss-reactive ketones (excluding diaryl/α,β-unsaturated/α-hetero) is 2. The monoisotopic (exact) mass is 381 g/mol. The number of nitrogens with one attached hydrogen (secondary N) is 1. The van der Waals surface area contributed by atoms with Gasteiger partial charge in [-0.3, -0.25) is 9.59 Å². The lowest BCUT2D eigenvalue weighted by molar-refractivity contribution is -0.121. The van der Waals surface area contributed by atoms with Crippen molar-refractivity contribution in [2.75, 3.05) is 12.4 Å². The standard InChI is InChI=1S/C22H27N3O3/c1-6-7-14(2)19(26)12-20(27)21-22(25-16(4)15(3)24-21)23-13-17-8-10-18(28-5)11-9-17/h6,8-11,14H,1,7,12-13H2,2-5H3,(H,23,25). The lowest BCUT2D eigenvalue weighted by Crippen LogP contribution is -2.19. The first-order valence-corrected chi connectivity index (χ1v) is 9.24. The molecule has 0 bridgehead atoms. The van der Waals surface area contributed by atoms with Gasteiger partial charge in [-0.15, -0.1) is 6.58 Å². The minimum Gasteiger partial charge on any atom is -0.497 e.